The molecule has 3 N–H and O–H groups in total. The number of hydrogen-bond acceptors (Lipinski definition) is 7. The molecule has 3 rings (SSSR count). The highest BCUT2D eigenvalue weighted by atomic mass is 32.2. The summed E-state index contributed by atoms with van der Waals surface area (Å²) in [5.74, 6) is -1.17. The highest BCUT2D eigenvalue weighted by Crippen LogP contribution is 2.19. The van der Waals surface area contributed by atoms with E-state index < -0.39 is 34.0 Å². The molecule has 0 saturated heterocycles. The Labute approximate surface area is 202 Å². The lowest BCUT2D eigenvalue weighted by Gasteiger charge is -2.16. The molecule has 2 aromatic carbocycles. The summed E-state index contributed by atoms with van der Waals surface area (Å²) in [6, 6.07) is 16.6. The number of benzene rings is 2. The van der Waals surface area contributed by atoms with Crippen molar-refractivity contribution in [1.29, 1.82) is 0 Å². The Morgan fingerprint density at radius 3 is 2.34 bits per heavy atom. The fourth-order valence-corrected chi connectivity index (χ4v) is 3.87. The van der Waals surface area contributed by atoms with E-state index >= 15 is 0 Å². The van der Waals surface area contributed by atoms with Gasteiger partial charge in [0, 0.05) is 18.7 Å². The minimum Gasteiger partial charge on any atom is -0.468 e. The number of amides is 3. The summed E-state index contributed by atoms with van der Waals surface area (Å²) >= 11 is 0. The van der Waals surface area contributed by atoms with E-state index in [0.717, 1.165) is 6.08 Å². The van der Waals surface area contributed by atoms with E-state index in [1.165, 1.54) is 43.7 Å². The van der Waals surface area contributed by atoms with E-state index in [4.69, 9.17) is 9.15 Å². The number of carbonyl (C=O) groups excluding carboxylic acids is 3. The van der Waals surface area contributed by atoms with Crippen LogP contribution >= 0.6 is 0 Å². The Kier molecular flexibility index (Phi) is 8.54. The zero-order valence-electron chi connectivity index (χ0n) is 18.6. The Balaban J connectivity index is 1.65. The fraction of sp³-hybridized carbons (Fsp3) is 0.125. The molecule has 3 aromatic rings. The summed E-state index contributed by atoms with van der Waals surface area (Å²) in [7, 11) is -2.41. The second-order valence-corrected chi connectivity index (χ2v) is 8.87. The van der Waals surface area contributed by atoms with Gasteiger partial charge in [0.15, 0.2) is 0 Å². The molecule has 1 aromatic heterocycles. The van der Waals surface area contributed by atoms with Crippen LogP contribution < -0.4 is 15.4 Å². The molecular weight excluding hydrogens is 474 g/mol. The number of nitrogens with one attached hydrogen (secondary N) is 3. The number of rotatable bonds is 9. The van der Waals surface area contributed by atoms with Gasteiger partial charge in [0.25, 0.3) is 5.91 Å². The number of carbonyl (C=O) groups is 3. The van der Waals surface area contributed by atoms with Crippen LogP contribution in [0.15, 0.2) is 88.4 Å². The van der Waals surface area contributed by atoms with Crippen molar-refractivity contribution in [2.45, 2.75) is 17.5 Å². The molecule has 1 unspecified atom stereocenters. The Morgan fingerprint density at radius 1 is 1.00 bits per heavy atom. The number of urea groups is 1. The van der Waals surface area contributed by atoms with Crippen LogP contribution in [0.1, 0.15) is 23.0 Å². The molecule has 10 nitrogen and oxygen atoms in total. The van der Waals surface area contributed by atoms with Crippen LogP contribution in [0.5, 0.6) is 0 Å². The fourth-order valence-electron chi connectivity index (χ4n) is 2.88. The first kappa shape index (κ1) is 25.4. The number of ether oxygens (including phenoxy) is 1. The largest absolute Gasteiger partial charge is 0.468 e. The summed E-state index contributed by atoms with van der Waals surface area (Å²) in [4.78, 5) is 36.4. The highest BCUT2D eigenvalue weighted by Gasteiger charge is 2.25. The molecule has 3 amide bonds. The first-order chi connectivity index (χ1) is 16.8. The molecule has 11 heteroatoms. The van der Waals surface area contributed by atoms with Crippen LogP contribution in [0.3, 0.4) is 0 Å². The molecule has 0 spiro atoms. The molecule has 0 aliphatic rings. The molecule has 0 radical (unpaired) electrons. The van der Waals surface area contributed by atoms with Gasteiger partial charge in [-0.3, -0.25) is 10.1 Å². The van der Waals surface area contributed by atoms with Crippen molar-refractivity contribution in [1.82, 2.24) is 15.4 Å². The summed E-state index contributed by atoms with van der Waals surface area (Å²) in [5.41, 5.74) is 0.908. The predicted molar refractivity (Wildman–Crippen MR) is 126 cm³/mol. The van der Waals surface area contributed by atoms with Crippen molar-refractivity contribution < 1.29 is 32.0 Å². The molecule has 1 heterocycles. The van der Waals surface area contributed by atoms with Crippen molar-refractivity contribution in [3.05, 3.63) is 96.0 Å². The maximum atomic E-state index is 12.4. The molecule has 182 valence electrons. The minimum absolute atomic E-state index is 0.0128. The van der Waals surface area contributed by atoms with E-state index in [1.54, 1.807) is 42.5 Å². The van der Waals surface area contributed by atoms with Crippen molar-refractivity contribution in [2.24, 2.45) is 0 Å². The van der Waals surface area contributed by atoms with Gasteiger partial charge in [0.2, 0.25) is 16.1 Å². The van der Waals surface area contributed by atoms with Crippen LogP contribution in [0.25, 0.3) is 6.08 Å². The summed E-state index contributed by atoms with van der Waals surface area (Å²) in [6.07, 6.45) is 2.61. The lowest BCUT2D eigenvalue weighted by atomic mass is 10.1. The van der Waals surface area contributed by atoms with Gasteiger partial charge in [-0.15, -0.1) is 0 Å². The topological polar surface area (TPSA) is 144 Å². The van der Waals surface area contributed by atoms with E-state index in [-0.39, 0.29) is 11.4 Å². The smallest absolute Gasteiger partial charge is 0.331 e. The van der Waals surface area contributed by atoms with Gasteiger partial charge in [-0.2, -0.15) is 0 Å². The van der Waals surface area contributed by atoms with Crippen molar-refractivity contribution in [3.8, 4) is 0 Å². The summed E-state index contributed by atoms with van der Waals surface area (Å²) in [5, 5.41) is 4.34. The zero-order chi connectivity index (χ0) is 25.3. The SMILES string of the molecule is CNC(=O)NC(=O)C(OC(=O)/C=C/c1ccc(S(=O)(=O)NCc2ccco2)cc1)c1ccccc1. The maximum Gasteiger partial charge on any atom is 0.331 e. The van der Waals surface area contributed by atoms with Crippen LogP contribution in [0, 0.1) is 0 Å². The average molecular weight is 498 g/mol. The van der Waals surface area contributed by atoms with Gasteiger partial charge in [-0.05, 0) is 35.9 Å². The maximum absolute atomic E-state index is 12.4. The van der Waals surface area contributed by atoms with E-state index in [1.807, 2.05) is 0 Å². The molecule has 0 bridgehead atoms. The Morgan fingerprint density at radius 2 is 1.71 bits per heavy atom. The standard InChI is InChI=1S/C24H23N3O7S/c1-25-24(30)27-23(29)22(18-6-3-2-4-7-18)34-21(28)14-11-17-9-12-20(13-10-17)35(31,32)26-16-19-8-5-15-33-19/h2-15,22,26H,16H2,1H3,(H2,25,27,29,30)/b14-11+. The Bertz CT molecular complexity index is 1290. The summed E-state index contributed by atoms with van der Waals surface area (Å²) < 4.78 is 37.6. The van der Waals surface area contributed by atoms with Crippen LogP contribution in [-0.4, -0.2) is 33.4 Å². The van der Waals surface area contributed by atoms with Crippen LogP contribution in [-0.2, 0) is 30.9 Å². The second-order valence-electron chi connectivity index (χ2n) is 7.10. The number of sulfonamides is 1. The quantitative estimate of drug-likeness (QED) is 0.304. The predicted octanol–water partition coefficient (Wildman–Crippen LogP) is 2.51. The average Bonchev–Trinajstić information content (AvgIpc) is 3.39. The van der Waals surface area contributed by atoms with Gasteiger partial charge >= 0.3 is 12.0 Å². The number of hydrogen-bond donors (Lipinski definition) is 3. The van der Waals surface area contributed by atoms with Gasteiger partial charge in [0.05, 0.1) is 17.7 Å². The second kappa shape index (κ2) is 11.8. The molecule has 0 fully saturated rings. The van der Waals surface area contributed by atoms with E-state index in [2.05, 4.69) is 15.4 Å². The molecule has 35 heavy (non-hydrogen) atoms. The van der Waals surface area contributed by atoms with Gasteiger partial charge in [0.1, 0.15) is 5.76 Å². The monoisotopic (exact) mass is 497 g/mol. The lowest BCUT2D eigenvalue weighted by molar-refractivity contribution is -0.151. The minimum atomic E-state index is -3.76. The van der Waals surface area contributed by atoms with Crippen LogP contribution in [0.2, 0.25) is 0 Å². The first-order valence-electron chi connectivity index (χ1n) is 10.4. The number of furan rings is 1. The molecule has 0 aliphatic heterocycles. The van der Waals surface area contributed by atoms with Crippen molar-refractivity contribution >= 4 is 34.0 Å². The number of imide groups is 1. The molecule has 1 atom stereocenters. The van der Waals surface area contributed by atoms with Crippen molar-refractivity contribution in [3.63, 3.8) is 0 Å². The van der Waals surface area contributed by atoms with Gasteiger partial charge < -0.3 is 14.5 Å². The Hall–Kier alpha value is -4.22. The third-order valence-corrected chi connectivity index (χ3v) is 6.07. The normalized spacial score (nSPS) is 12.1. The van der Waals surface area contributed by atoms with E-state index in [9.17, 15) is 22.8 Å². The first-order valence-corrected chi connectivity index (χ1v) is 11.8. The third kappa shape index (κ3) is 7.39. The highest BCUT2D eigenvalue weighted by molar-refractivity contribution is 7.89. The van der Waals surface area contributed by atoms with Gasteiger partial charge in [-0.25, -0.2) is 22.7 Å². The number of esters is 1. The van der Waals surface area contributed by atoms with E-state index in [0.29, 0.717) is 16.9 Å². The van der Waals surface area contributed by atoms with Gasteiger partial charge in [-0.1, -0.05) is 42.5 Å². The summed E-state index contributed by atoms with van der Waals surface area (Å²) in [6.45, 7) is 0.0128. The molecule has 0 aliphatic carbocycles. The molecular formula is C24H23N3O7S. The molecule has 0 saturated carbocycles. The van der Waals surface area contributed by atoms with Crippen molar-refractivity contribution in [2.75, 3.05) is 7.05 Å². The van der Waals surface area contributed by atoms with Crippen LogP contribution in [0.4, 0.5) is 4.79 Å². The lowest BCUT2D eigenvalue weighted by Crippen LogP contribution is -2.41. The third-order valence-electron chi connectivity index (χ3n) is 4.66. The zero-order valence-corrected chi connectivity index (χ0v) is 19.4.